The summed E-state index contributed by atoms with van der Waals surface area (Å²) >= 11 is 7.52. The Morgan fingerprint density at radius 2 is 1.58 bits per heavy atom. The third kappa shape index (κ3) is 8.09. The molecule has 4 rings (SSSR count). The van der Waals surface area contributed by atoms with Crippen molar-refractivity contribution in [1.29, 1.82) is 0 Å². The van der Waals surface area contributed by atoms with Crippen LogP contribution in [0.25, 0.3) is 0 Å². The lowest BCUT2D eigenvalue weighted by atomic mass is 10.1. The van der Waals surface area contributed by atoms with Crippen molar-refractivity contribution >= 4 is 45.7 Å². The third-order valence-electron chi connectivity index (χ3n) is 5.76. The summed E-state index contributed by atoms with van der Waals surface area (Å²) < 4.78 is 5.30. The SMILES string of the molecule is COc1ccccc1CC(=O)Nc1nnc(CCCCc2ccc(NC(=O)Cc3ccccc3Cl)nc2)s1. The van der Waals surface area contributed by atoms with Crippen LogP contribution in [0.1, 0.15) is 34.5 Å². The van der Waals surface area contributed by atoms with Gasteiger partial charge in [-0.1, -0.05) is 65.4 Å². The smallest absolute Gasteiger partial charge is 0.230 e. The number of pyridine rings is 1. The second-order valence-corrected chi connectivity index (χ2v) is 10.1. The highest BCUT2D eigenvalue weighted by molar-refractivity contribution is 7.15. The second kappa shape index (κ2) is 13.6. The molecule has 0 aliphatic carbocycles. The molecule has 2 heterocycles. The fraction of sp³-hybridized carbons (Fsp3) is 0.250. The summed E-state index contributed by atoms with van der Waals surface area (Å²) in [6.45, 7) is 0. The van der Waals surface area contributed by atoms with Crippen molar-refractivity contribution in [2.24, 2.45) is 0 Å². The molecule has 0 radical (unpaired) electrons. The van der Waals surface area contributed by atoms with Crippen molar-refractivity contribution in [3.8, 4) is 5.75 Å². The van der Waals surface area contributed by atoms with Crippen LogP contribution in [0.2, 0.25) is 5.02 Å². The zero-order valence-corrected chi connectivity index (χ0v) is 22.5. The Bertz CT molecular complexity index is 1380. The van der Waals surface area contributed by atoms with Gasteiger partial charge in [0, 0.05) is 23.2 Å². The van der Waals surface area contributed by atoms with Gasteiger partial charge >= 0.3 is 0 Å². The number of anilines is 2. The van der Waals surface area contributed by atoms with Crippen LogP contribution >= 0.6 is 22.9 Å². The predicted molar refractivity (Wildman–Crippen MR) is 150 cm³/mol. The molecule has 0 atom stereocenters. The summed E-state index contributed by atoms with van der Waals surface area (Å²) in [5, 5.41) is 15.9. The number of carbonyl (C=O) groups excluding carboxylic acids is 2. The van der Waals surface area contributed by atoms with E-state index in [9.17, 15) is 9.59 Å². The highest BCUT2D eigenvalue weighted by Gasteiger charge is 2.12. The number of para-hydroxylation sites is 1. The number of unbranched alkanes of at least 4 members (excludes halogenated alkanes) is 1. The Kier molecular flexibility index (Phi) is 9.77. The molecule has 0 fully saturated rings. The minimum atomic E-state index is -0.161. The molecule has 38 heavy (non-hydrogen) atoms. The van der Waals surface area contributed by atoms with E-state index in [4.69, 9.17) is 16.3 Å². The normalized spacial score (nSPS) is 10.7. The molecule has 0 saturated carbocycles. The molecule has 2 amide bonds. The number of nitrogens with zero attached hydrogens (tertiary/aromatic N) is 3. The van der Waals surface area contributed by atoms with Gasteiger partial charge in [-0.3, -0.25) is 9.59 Å². The van der Waals surface area contributed by atoms with E-state index in [-0.39, 0.29) is 24.7 Å². The first kappa shape index (κ1) is 27.2. The molecule has 0 saturated heterocycles. The van der Waals surface area contributed by atoms with Gasteiger partial charge in [0.05, 0.1) is 20.0 Å². The number of hydrogen-bond donors (Lipinski definition) is 2. The van der Waals surface area contributed by atoms with Gasteiger partial charge in [0.25, 0.3) is 0 Å². The van der Waals surface area contributed by atoms with Crippen molar-refractivity contribution in [3.63, 3.8) is 0 Å². The fourth-order valence-corrected chi connectivity index (χ4v) is 4.84. The van der Waals surface area contributed by atoms with Crippen LogP contribution in [0.3, 0.4) is 0 Å². The average molecular weight is 550 g/mol. The summed E-state index contributed by atoms with van der Waals surface area (Å²) in [5.41, 5.74) is 2.69. The Morgan fingerprint density at radius 1 is 0.868 bits per heavy atom. The van der Waals surface area contributed by atoms with Gasteiger partial charge in [0.1, 0.15) is 16.6 Å². The summed E-state index contributed by atoms with van der Waals surface area (Å²) in [7, 11) is 1.59. The number of halogens is 1. The molecule has 0 aliphatic rings. The molecule has 0 unspecified atom stereocenters. The number of aromatic nitrogens is 3. The number of hydrogen-bond acceptors (Lipinski definition) is 7. The monoisotopic (exact) mass is 549 g/mol. The first-order valence-corrected chi connectivity index (χ1v) is 13.4. The second-order valence-electron chi connectivity index (χ2n) is 8.61. The van der Waals surface area contributed by atoms with Crippen LogP contribution in [-0.2, 0) is 35.3 Å². The van der Waals surface area contributed by atoms with Crippen LogP contribution in [0.5, 0.6) is 5.75 Å². The lowest BCUT2D eigenvalue weighted by Crippen LogP contribution is -2.15. The van der Waals surface area contributed by atoms with E-state index >= 15 is 0 Å². The Morgan fingerprint density at radius 3 is 2.34 bits per heavy atom. The van der Waals surface area contributed by atoms with Crippen molar-refractivity contribution < 1.29 is 14.3 Å². The molecule has 2 N–H and O–H groups in total. The van der Waals surface area contributed by atoms with Gasteiger partial charge in [0.2, 0.25) is 16.9 Å². The van der Waals surface area contributed by atoms with E-state index in [0.717, 1.165) is 47.4 Å². The van der Waals surface area contributed by atoms with E-state index in [1.54, 1.807) is 19.4 Å². The van der Waals surface area contributed by atoms with Crippen LogP contribution in [-0.4, -0.2) is 34.1 Å². The van der Waals surface area contributed by atoms with Crippen molar-refractivity contribution in [2.75, 3.05) is 17.7 Å². The lowest BCUT2D eigenvalue weighted by Gasteiger charge is -2.07. The standard InChI is InChI=1S/C28H28ClN5O3S/c1-37-23-12-6-4-10-21(23)17-26(36)32-28-34-33-27(38-28)13-7-2-8-19-14-15-24(30-18-19)31-25(35)16-20-9-3-5-11-22(20)29/h3-6,9-12,14-15,18H,2,7-8,13,16-17H2,1H3,(H,30,31,35)(H,32,34,36). The highest BCUT2D eigenvalue weighted by Crippen LogP contribution is 2.21. The van der Waals surface area contributed by atoms with E-state index in [2.05, 4.69) is 25.8 Å². The number of benzene rings is 2. The third-order valence-corrected chi connectivity index (χ3v) is 7.03. The minimum Gasteiger partial charge on any atom is -0.496 e. The Hall–Kier alpha value is -3.82. The molecule has 196 valence electrons. The number of rotatable bonds is 12. The first-order chi connectivity index (χ1) is 18.5. The van der Waals surface area contributed by atoms with Gasteiger partial charge in [0.15, 0.2) is 0 Å². The molecule has 0 spiro atoms. The molecule has 4 aromatic rings. The van der Waals surface area contributed by atoms with Gasteiger partial charge < -0.3 is 15.4 Å². The predicted octanol–water partition coefficient (Wildman–Crippen LogP) is 5.52. The largest absolute Gasteiger partial charge is 0.496 e. The van der Waals surface area contributed by atoms with Gasteiger partial charge in [-0.05, 0) is 48.6 Å². The van der Waals surface area contributed by atoms with Crippen LogP contribution < -0.4 is 15.4 Å². The fourth-order valence-electron chi connectivity index (χ4n) is 3.84. The summed E-state index contributed by atoms with van der Waals surface area (Å²) in [6.07, 6.45) is 5.71. The van der Waals surface area contributed by atoms with E-state index in [0.29, 0.717) is 21.7 Å². The van der Waals surface area contributed by atoms with Crippen molar-refractivity contribution in [3.05, 3.63) is 93.6 Å². The van der Waals surface area contributed by atoms with E-state index < -0.39 is 0 Å². The number of aryl methyl sites for hydroxylation is 2. The molecule has 0 aliphatic heterocycles. The molecule has 2 aromatic heterocycles. The number of nitrogens with one attached hydrogen (secondary N) is 2. The number of ether oxygens (including phenoxy) is 1. The topological polar surface area (TPSA) is 106 Å². The molecule has 8 nitrogen and oxygen atoms in total. The van der Waals surface area contributed by atoms with Crippen molar-refractivity contribution in [2.45, 2.75) is 38.5 Å². The molecule has 2 aromatic carbocycles. The maximum atomic E-state index is 12.4. The zero-order chi connectivity index (χ0) is 26.7. The van der Waals surface area contributed by atoms with Gasteiger partial charge in [-0.2, -0.15) is 0 Å². The zero-order valence-electron chi connectivity index (χ0n) is 20.9. The Labute approximate surface area is 230 Å². The summed E-state index contributed by atoms with van der Waals surface area (Å²) in [6, 6.07) is 18.5. The van der Waals surface area contributed by atoms with Gasteiger partial charge in [-0.15, -0.1) is 10.2 Å². The number of amides is 2. The summed E-state index contributed by atoms with van der Waals surface area (Å²) in [4.78, 5) is 29.0. The number of carbonyl (C=O) groups is 2. The quantitative estimate of drug-likeness (QED) is 0.225. The van der Waals surface area contributed by atoms with Crippen LogP contribution in [0.4, 0.5) is 10.9 Å². The highest BCUT2D eigenvalue weighted by atomic mass is 35.5. The number of methoxy groups -OCH3 is 1. The first-order valence-electron chi connectivity index (χ1n) is 12.2. The van der Waals surface area contributed by atoms with Crippen molar-refractivity contribution in [1.82, 2.24) is 15.2 Å². The van der Waals surface area contributed by atoms with E-state index in [1.807, 2.05) is 54.6 Å². The molecule has 10 heteroatoms. The molecular weight excluding hydrogens is 522 g/mol. The van der Waals surface area contributed by atoms with Gasteiger partial charge in [-0.25, -0.2) is 4.98 Å². The van der Waals surface area contributed by atoms with E-state index in [1.165, 1.54) is 11.3 Å². The maximum Gasteiger partial charge on any atom is 0.230 e. The average Bonchev–Trinajstić information content (AvgIpc) is 3.36. The lowest BCUT2D eigenvalue weighted by molar-refractivity contribution is -0.116. The maximum absolute atomic E-state index is 12.4. The van der Waals surface area contributed by atoms with Crippen LogP contribution in [0.15, 0.2) is 66.9 Å². The minimum absolute atomic E-state index is 0.159. The van der Waals surface area contributed by atoms with Crippen LogP contribution in [0, 0.1) is 0 Å². The molecular formula is C28H28ClN5O3S. The summed E-state index contributed by atoms with van der Waals surface area (Å²) in [5.74, 6) is 0.877. The Balaban J connectivity index is 1.16. The molecule has 0 bridgehead atoms.